The fourth-order valence-electron chi connectivity index (χ4n) is 5.92. The predicted molar refractivity (Wildman–Crippen MR) is 142 cm³/mol. The van der Waals surface area contributed by atoms with E-state index in [1.165, 1.54) is 18.2 Å². The van der Waals surface area contributed by atoms with Gasteiger partial charge in [0.15, 0.2) is 0 Å². The van der Waals surface area contributed by atoms with Gasteiger partial charge in [-0.3, -0.25) is 19.5 Å². The molecule has 43 heavy (non-hydrogen) atoms. The summed E-state index contributed by atoms with van der Waals surface area (Å²) >= 11 is 0. The molecule has 2 aromatic rings. The molecule has 2 atom stereocenters. The number of rotatable bonds is 7. The number of nitrogens with two attached hydrogens (primary N) is 1. The third kappa shape index (κ3) is 6.57. The maximum Gasteiger partial charge on any atom is 0.416 e. The fraction of sp³-hybridized carbons (Fsp3) is 0.517. The van der Waals surface area contributed by atoms with Gasteiger partial charge in [0.05, 0.1) is 11.3 Å². The van der Waals surface area contributed by atoms with Gasteiger partial charge in [-0.05, 0) is 68.2 Å². The van der Waals surface area contributed by atoms with Crippen LogP contribution in [0.25, 0.3) is 0 Å². The minimum Gasteiger partial charge on any atom is -0.368 e. The summed E-state index contributed by atoms with van der Waals surface area (Å²) in [5.41, 5.74) is 3.60. The molecule has 232 valence electrons. The second kappa shape index (κ2) is 11.7. The van der Waals surface area contributed by atoms with E-state index in [9.17, 15) is 36.3 Å². The van der Waals surface area contributed by atoms with Gasteiger partial charge in [0.2, 0.25) is 17.7 Å². The summed E-state index contributed by atoms with van der Waals surface area (Å²) in [5, 5.41) is 2.53. The van der Waals surface area contributed by atoms with Crippen LogP contribution in [-0.4, -0.2) is 52.3 Å². The quantitative estimate of drug-likeness (QED) is 0.407. The van der Waals surface area contributed by atoms with Crippen molar-refractivity contribution in [3.63, 3.8) is 0 Å². The number of likely N-dealkylation sites (tertiary alicyclic amines) is 1. The monoisotopic (exact) mass is 611 g/mol. The Morgan fingerprint density at radius 3 is 2.37 bits per heavy atom. The Morgan fingerprint density at radius 1 is 1.07 bits per heavy atom. The smallest absolute Gasteiger partial charge is 0.368 e. The number of pyridine rings is 1. The number of anilines is 1. The first-order valence-corrected chi connectivity index (χ1v) is 14.1. The second-order valence-corrected chi connectivity index (χ2v) is 11.4. The molecule has 1 saturated heterocycles. The molecule has 14 heteroatoms. The SMILES string of the molecule is NC(=O)[C@H]1CCCN1C(=O)N(c1ccc(C2CC2)cc1F)C(C(=O)NC1CCC(F)(F)CC1)c1cnccc1C(F)(F)F. The number of amides is 4. The van der Waals surface area contributed by atoms with Crippen molar-refractivity contribution in [1.82, 2.24) is 15.2 Å². The van der Waals surface area contributed by atoms with E-state index in [0.717, 1.165) is 30.1 Å². The van der Waals surface area contributed by atoms with Crippen molar-refractivity contribution in [1.29, 1.82) is 0 Å². The van der Waals surface area contributed by atoms with Crippen molar-refractivity contribution >= 4 is 23.5 Å². The molecular weight excluding hydrogens is 580 g/mol. The summed E-state index contributed by atoms with van der Waals surface area (Å²) in [6.45, 7) is -0.0179. The lowest BCUT2D eigenvalue weighted by Crippen LogP contribution is -2.55. The van der Waals surface area contributed by atoms with Crippen LogP contribution in [0.3, 0.4) is 0 Å². The standard InChI is InChI=1S/C29H31F6N5O3/c30-21-14-17(16-3-4-16)5-6-22(21)40(27(43)39-13-1-2-23(39)25(36)41)24(19-15-37-12-9-20(19)29(33,34)35)26(42)38-18-7-10-28(31,32)11-8-18/h5-6,9,12,14-16,18,23-24H,1-4,7-8,10-11,13H2,(H2,36,41)(H,38,42)/t23-,24?/m1/s1. The normalized spacial score (nSPS) is 21.3. The number of hydrogen-bond donors (Lipinski definition) is 2. The van der Waals surface area contributed by atoms with Crippen LogP contribution in [0.15, 0.2) is 36.7 Å². The number of nitrogens with zero attached hydrogens (tertiary/aromatic N) is 3. The topological polar surface area (TPSA) is 109 Å². The highest BCUT2D eigenvalue weighted by atomic mass is 19.4. The number of hydrogen-bond acceptors (Lipinski definition) is 4. The average molecular weight is 612 g/mol. The lowest BCUT2D eigenvalue weighted by Gasteiger charge is -2.38. The van der Waals surface area contributed by atoms with Crippen molar-refractivity contribution < 1.29 is 40.7 Å². The highest BCUT2D eigenvalue weighted by Crippen LogP contribution is 2.43. The maximum atomic E-state index is 15.9. The molecule has 0 spiro atoms. The van der Waals surface area contributed by atoms with Crippen LogP contribution in [0.4, 0.5) is 36.8 Å². The van der Waals surface area contributed by atoms with Crippen LogP contribution in [0, 0.1) is 5.82 Å². The van der Waals surface area contributed by atoms with E-state index in [-0.39, 0.29) is 31.7 Å². The summed E-state index contributed by atoms with van der Waals surface area (Å²) in [4.78, 5) is 45.7. The summed E-state index contributed by atoms with van der Waals surface area (Å²) in [5.74, 6) is -5.80. The van der Waals surface area contributed by atoms with Gasteiger partial charge < -0.3 is 16.0 Å². The number of nitrogens with one attached hydrogen (secondary N) is 1. The van der Waals surface area contributed by atoms with Crippen molar-refractivity contribution in [2.75, 3.05) is 11.4 Å². The van der Waals surface area contributed by atoms with E-state index in [2.05, 4.69) is 10.3 Å². The van der Waals surface area contributed by atoms with E-state index in [4.69, 9.17) is 5.73 Å². The average Bonchev–Trinajstić information content (AvgIpc) is 3.67. The Bertz CT molecular complexity index is 1390. The van der Waals surface area contributed by atoms with Gasteiger partial charge in [-0.2, -0.15) is 13.2 Å². The first kappa shape index (κ1) is 30.6. The van der Waals surface area contributed by atoms with Crippen LogP contribution < -0.4 is 16.0 Å². The molecule has 0 radical (unpaired) electrons. The van der Waals surface area contributed by atoms with Crippen molar-refractivity contribution in [2.24, 2.45) is 5.73 Å². The number of carbonyl (C=O) groups excluding carboxylic acids is 3. The first-order valence-electron chi connectivity index (χ1n) is 14.1. The Morgan fingerprint density at radius 2 is 1.77 bits per heavy atom. The summed E-state index contributed by atoms with van der Waals surface area (Å²) in [6, 6.07) is -0.626. The molecule has 3 N–H and O–H groups in total. The highest BCUT2D eigenvalue weighted by Gasteiger charge is 2.46. The van der Waals surface area contributed by atoms with Gasteiger partial charge in [0.25, 0.3) is 0 Å². The van der Waals surface area contributed by atoms with Crippen LogP contribution in [0.2, 0.25) is 0 Å². The first-order chi connectivity index (χ1) is 20.3. The molecule has 2 heterocycles. The van der Waals surface area contributed by atoms with Gasteiger partial charge in [0.1, 0.15) is 17.9 Å². The van der Waals surface area contributed by atoms with Gasteiger partial charge >= 0.3 is 12.2 Å². The molecule has 5 rings (SSSR count). The summed E-state index contributed by atoms with van der Waals surface area (Å²) < 4.78 is 86.3. The van der Waals surface area contributed by atoms with E-state index in [1.54, 1.807) is 0 Å². The number of primary amides is 1. The number of carbonyl (C=O) groups is 3. The number of halogens is 6. The molecule has 1 unspecified atom stereocenters. The van der Waals surface area contributed by atoms with E-state index >= 15 is 4.39 Å². The van der Waals surface area contributed by atoms with Crippen LogP contribution in [0.1, 0.15) is 80.0 Å². The molecule has 4 amide bonds. The minimum atomic E-state index is -5.00. The third-order valence-electron chi connectivity index (χ3n) is 8.33. The van der Waals surface area contributed by atoms with Gasteiger partial charge in [0, 0.05) is 43.4 Å². The minimum absolute atomic E-state index is 0.0179. The molecule has 8 nitrogen and oxygen atoms in total. The number of alkyl halides is 5. The summed E-state index contributed by atoms with van der Waals surface area (Å²) in [7, 11) is 0. The third-order valence-corrected chi connectivity index (χ3v) is 8.33. The lowest BCUT2D eigenvalue weighted by molar-refractivity contribution is -0.138. The zero-order valence-electron chi connectivity index (χ0n) is 23.0. The molecule has 1 aromatic carbocycles. The van der Waals surface area contributed by atoms with E-state index < -0.39 is 83.5 Å². The van der Waals surface area contributed by atoms with Crippen LogP contribution in [0.5, 0.6) is 0 Å². The maximum absolute atomic E-state index is 15.9. The van der Waals surface area contributed by atoms with E-state index in [0.29, 0.717) is 23.0 Å². The highest BCUT2D eigenvalue weighted by molar-refractivity contribution is 6.02. The predicted octanol–water partition coefficient (Wildman–Crippen LogP) is 5.43. The Kier molecular flexibility index (Phi) is 8.32. The Hall–Kier alpha value is -3.84. The zero-order chi connectivity index (χ0) is 31.1. The molecule has 3 aliphatic rings. The van der Waals surface area contributed by atoms with Crippen molar-refractivity contribution in [2.45, 2.75) is 87.5 Å². The van der Waals surface area contributed by atoms with Gasteiger partial charge in [-0.15, -0.1) is 0 Å². The van der Waals surface area contributed by atoms with Crippen LogP contribution >= 0.6 is 0 Å². The molecule has 0 bridgehead atoms. The molecule has 1 aliphatic heterocycles. The number of urea groups is 1. The van der Waals surface area contributed by atoms with Crippen molar-refractivity contribution in [3.8, 4) is 0 Å². The Labute approximate surface area is 243 Å². The molecule has 2 aliphatic carbocycles. The number of aromatic nitrogens is 1. The molecule has 1 aromatic heterocycles. The second-order valence-electron chi connectivity index (χ2n) is 11.4. The number of benzene rings is 1. The van der Waals surface area contributed by atoms with Gasteiger partial charge in [-0.25, -0.2) is 18.0 Å². The van der Waals surface area contributed by atoms with Crippen LogP contribution in [-0.2, 0) is 15.8 Å². The van der Waals surface area contributed by atoms with Crippen molar-refractivity contribution in [3.05, 3.63) is 59.2 Å². The Balaban J connectivity index is 1.64. The fourth-order valence-corrected chi connectivity index (χ4v) is 5.92. The largest absolute Gasteiger partial charge is 0.416 e. The summed E-state index contributed by atoms with van der Waals surface area (Å²) in [6.07, 6.45) is -2.60. The van der Waals surface area contributed by atoms with E-state index in [1.807, 2.05) is 0 Å². The molecule has 2 saturated carbocycles. The molecular formula is C29H31F6N5O3. The molecule has 3 fully saturated rings. The van der Waals surface area contributed by atoms with Gasteiger partial charge in [-0.1, -0.05) is 6.07 Å². The zero-order valence-corrected chi connectivity index (χ0v) is 23.0. The lowest BCUT2D eigenvalue weighted by atomic mass is 9.91.